The van der Waals surface area contributed by atoms with Crippen molar-refractivity contribution in [1.29, 1.82) is 0 Å². The van der Waals surface area contributed by atoms with Gasteiger partial charge in [-0.3, -0.25) is 0 Å². The lowest BCUT2D eigenvalue weighted by Crippen LogP contribution is -2.49. The minimum Gasteiger partial charge on any atom is -0.478 e. The summed E-state index contributed by atoms with van der Waals surface area (Å²) >= 11 is 5.75. The molecule has 21 heavy (non-hydrogen) atoms. The maximum absolute atomic E-state index is 12.4. The highest BCUT2D eigenvalue weighted by atomic mass is 35.5. The zero-order valence-corrected chi connectivity index (χ0v) is 13.0. The summed E-state index contributed by atoms with van der Waals surface area (Å²) in [5.41, 5.74) is -0.836. The normalized spacial score (nSPS) is 18.4. The van der Waals surface area contributed by atoms with E-state index in [1.165, 1.54) is 12.1 Å². The van der Waals surface area contributed by atoms with Crippen LogP contribution < -0.4 is 4.72 Å². The third-order valence-electron chi connectivity index (χ3n) is 3.46. The number of sulfonamides is 1. The van der Waals surface area contributed by atoms with Crippen molar-refractivity contribution in [1.82, 2.24) is 4.72 Å². The van der Waals surface area contributed by atoms with E-state index in [0.29, 0.717) is 26.1 Å². The van der Waals surface area contributed by atoms with Crippen molar-refractivity contribution in [3.8, 4) is 0 Å². The average Bonchev–Trinajstić information content (AvgIpc) is 2.38. The Bertz CT molecular complexity index is 653. The van der Waals surface area contributed by atoms with Crippen LogP contribution in [0.4, 0.5) is 0 Å². The van der Waals surface area contributed by atoms with Gasteiger partial charge in [-0.05, 0) is 38.0 Å². The second-order valence-corrected chi connectivity index (χ2v) is 7.31. The lowest BCUT2D eigenvalue weighted by atomic mass is 9.94. The lowest BCUT2D eigenvalue weighted by Gasteiger charge is -2.34. The van der Waals surface area contributed by atoms with E-state index in [0.717, 1.165) is 6.07 Å². The van der Waals surface area contributed by atoms with Gasteiger partial charge in [-0.2, -0.15) is 0 Å². The van der Waals surface area contributed by atoms with Crippen LogP contribution >= 0.6 is 11.6 Å². The molecule has 0 saturated carbocycles. The Kier molecular flexibility index (Phi) is 4.57. The van der Waals surface area contributed by atoms with Crippen molar-refractivity contribution in [2.75, 3.05) is 13.2 Å². The summed E-state index contributed by atoms with van der Waals surface area (Å²) in [6.45, 7) is 2.78. The zero-order chi connectivity index (χ0) is 15.7. The van der Waals surface area contributed by atoms with E-state index in [2.05, 4.69) is 4.72 Å². The summed E-state index contributed by atoms with van der Waals surface area (Å²) in [4.78, 5) is 10.9. The number of rotatable bonds is 4. The SMILES string of the molecule is CC1(NS(=O)(=O)c2ccc(Cl)c(C(=O)O)c2)CCOCC1. The number of ether oxygens (including phenoxy) is 1. The van der Waals surface area contributed by atoms with Crippen molar-refractivity contribution in [3.05, 3.63) is 28.8 Å². The molecule has 1 aromatic carbocycles. The highest BCUT2D eigenvalue weighted by molar-refractivity contribution is 7.89. The molecule has 1 fully saturated rings. The quantitative estimate of drug-likeness (QED) is 0.877. The zero-order valence-electron chi connectivity index (χ0n) is 11.4. The molecule has 1 aromatic rings. The molecule has 0 radical (unpaired) electrons. The van der Waals surface area contributed by atoms with E-state index in [1.54, 1.807) is 6.92 Å². The van der Waals surface area contributed by atoms with Gasteiger partial charge in [0.25, 0.3) is 0 Å². The van der Waals surface area contributed by atoms with E-state index < -0.39 is 21.5 Å². The Hall–Kier alpha value is -1.15. The van der Waals surface area contributed by atoms with Crippen LogP contribution in [0.15, 0.2) is 23.1 Å². The minimum atomic E-state index is -3.82. The standard InChI is InChI=1S/C13H16ClNO5S/c1-13(4-6-20-7-5-13)15-21(18,19)9-2-3-11(14)10(8-9)12(16)17/h2-3,8,15H,4-7H2,1H3,(H,16,17). The molecule has 0 aliphatic carbocycles. The average molecular weight is 334 g/mol. The van der Waals surface area contributed by atoms with Gasteiger partial charge in [0.15, 0.2) is 0 Å². The van der Waals surface area contributed by atoms with E-state index in [9.17, 15) is 13.2 Å². The molecule has 1 heterocycles. The first kappa shape index (κ1) is 16.2. The van der Waals surface area contributed by atoms with Gasteiger partial charge in [-0.1, -0.05) is 11.6 Å². The Morgan fingerprint density at radius 3 is 2.57 bits per heavy atom. The molecule has 0 bridgehead atoms. The van der Waals surface area contributed by atoms with E-state index in [4.69, 9.17) is 21.4 Å². The Labute approximate surface area is 128 Å². The predicted octanol–water partition coefficient (Wildman–Crippen LogP) is 1.89. The molecule has 0 spiro atoms. The highest BCUT2D eigenvalue weighted by Gasteiger charge is 2.33. The van der Waals surface area contributed by atoms with Crippen molar-refractivity contribution in [2.24, 2.45) is 0 Å². The number of halogens is 1. The van der Waals surface area contributed by atoms with Crippen LogP contribution in [0.3, 0.4) is 0 Å². The number of benzene rings is 1. The second kappa shape index (κ2) is 5.92. The molecule has 1 saturated heterocycles. The van der Waals surface area contributed by atoms with Crippen LogP contribution in [-0.4, -0.2) is 38.2 Å². The number of carboxylic acid groups (broad SMARTS) is 1. The Balaban J connectivity index is 2.31. The van der Waals surface area contributed by atoms with Gasteiger partial charge in [0.2, 0.25) is 10.0 Å². The fourth-order valence-electron chi connectivity index (χ4n) is 2.14. The Morgan fingerprint density at radius 2 is 2.00 bits per heavy atom. The summed E-state index contributed by atoms with van der Waals surface area (Å²) in [7, 11) is -3.82. The van der Waals surface area contributed by atoms with E-state index >= 15 is 0 Å². The number of hydrogen-bond donors (Lipinski definition) is 2. The third-order valence-corrected chi connectivity index (χ3v) is 5.42. The maximum Gasteiger partial charge on any atom is 0.337 e. The molecular weight excluding hydrogens is 318 g/mol. The van der Waals surface area contributed by atoms with Gasteiger partial charge < -0.3 is 9.84 Å². The summed E-state index contributed by atoms with van der Waals surface area (Å²) in [5.74, 6) is -1.27. The number of nitrogens with one attached hydrogen (secondary N) is 1. The van der Waals surface area contributed by atoms with Crippen molar-refractivity contribution in [3.63, 3.8) is 0 Å². The van der Waals surface area contributed by atoms with Crippen LogP contribution in [0.25, 0.3) is 0 Å². The van der Waals surface area contributed by atoms with Gasteiger partial charge in [-0.15, -0.1) is 0 Å². The number of hydrogen-bond acceptors (Lipinski definition) is 4. The molecule has 8 heteroatoms. The minimum absolute atomic E-state index is 0.00118. The fraction of sp³-hybridized carbons (Fsp3) is 0.462. The molecule has 1 aliphatic heterocycles. The first-order chi connectivity index (χ1) is 9.73. The van der Waals surface area contributed by atoms with Crippen molar-refractivity contribution >= 4 is 27.6 Å². The van der Waals surface area contributed by atoms with Crippen LogP contribution in [0.2, 0.25) is 5.02 Å². The molecule has 2 rings (SSSR count). The first-order valence-electron chi connectivity index (χ1n) is 6.38. The molecule has 0 unspecified atom stereocenters. The van der Waals surface area contributed by atoms with Gasteiger partial charge in [0.1, 0.15) is 0 Å². The molecule has 116 valence electrons. The van der Waals surface area contributed by atoms with E-state index in [-0.39, 0.29) is 15.5 Å². The summed E-state index contributed by atoms with van der Waals surface area (Å²) in [6.07, 6.45) is 1.12. The summed E-state index contributed by atoms with van der Waals surface area (Å²) in [6, 6.07) is 3.63. The van der Waals surface area contributed by atoms with Gasteiger partial charge in [0, 0.05) is 18.8 Å². The van der Waals surface area contributed by atoms with Gasteiger partial charge in [0.05, 0.1) is 15.5 Å². The number of carbonyl (C=O) groups is 1. The predicted molar refractivity (Wildman–Crippen MR) is 77.2 cm³/mol. The highest BCUT2D eigenvalue weighted by Crippen LogP contribution is 2.25. The molecular formula is C13H16ClNO5S. The van der Waals surface area contributed by atoms with E-state index in [1.807, 2.05) is 0 Å². The van der Waals surface area contributed by atoms with Crippen molar-refractivity contribution in [2.45, 2.75) is 30.2 Å². The number of carboxylic acids is 1. The Morgan fingerprint density at radius 1 is 1.38 bits per heavy atom. The smallest absolute Gasteiger partial charge is 0.337 e. The molecule has 2 N–H and O–H groups in total. The maximum atomic E-state index is 12.4. The summed E-state index contributed by atoms with van der Waals surface area (Å²) < 4.78 is 32.7. The monoisotopic (exact) mass is 333 g/mol. The topological polar surface area (TPSA) is 92.7 Å². The molecule has 1 aliphatic rings. The molecule has 0 atom stereocenters. The largest absolute Gasteiger partial charge is 0.478 e. The summed E-state index contributed by atoms with van der Waals surface area (Å²) in [5, 5.41) is 9.01. The first-order valence-corrected chi connectivity index (χ1v) is 8.24. The molecule has 0 amide bonds. The van der Waals surface area contributed by atoms with Crippen LogP contribution in [0.1, 0.15) is 30.1 Å². The third kappa shape index (κ3) is 3.74. The van der Waals surface area contributed by atoms with Gasteiger partial charge >= 0.3 is 5.97 Å². The molecule has 6 nitrogen and oxygen atoms in total. The van der Waals surface area contributed by atoms with Crippen LogP contribution in [0.5, 0.6) is 0 Å². The second-order valence-electron chi connectivity index (χ2n) is 5.23. The lowest BCUT2D eigenvalue weighted by molar-refractivity contribution is 0.0537. The van der Waals surface area contributed by atoms with Gasteiger partial charge in [-0.25, -0.2) is 17.9 Å². The van der Waals surface area contributed by atoms with Crippen LogP contribution in [-0.2, 0) is 14.8 Å². The van der Waals surface area contributed by atoms with Crippen molar-refractivity contribution < 1.29 is 23.1 Å². The molecule has 0 aromatic heterocycles. The number of aromatic carboxylic acids is 1. The fourth-order valence-corrected chi connectivity index (χ4v) is 3.83. The van der Waals surface area contributed by atoms with Crippen LogP contribution in [0, 0.1) is 0 Å².